The molecule has 2 heteroatoms. The summed E-state index contributed by atoms with van der Waals surface area (Å²) in [7, 11) is 0. The van der Waals surface area contributed by atoms with Crippen LogP contribution in [0.25, 0.3) is 0 Å². The van der Waals surface area contributed by atoms with Crippen molar-refractivity contribution in [3.63, 3.8) is 0 Å². The SMILES string of the molecule is CC.CC1=CC(F)CCC=C1F. The third-order valence-electron chi connectivity index (χ3n) is 1.57. The van der Waals surface area contributed by atoms with Crippen molar-refractivity contribution in [1.82, 2.24) is 0 Å². The fourth-order valence-electron chi connectivity index (χ4n) is 0.964. The Morgan fingerprint density at radius 3 is 2.58 bits per heavy atom. The minimum atomic E-state index is -0.968. The van der Waals surface area contributed by atoms with Gasteiger partial charge in [0.05, 0.1) is 0 Å². The Bertz CT molecular complexity index is 180. The first-order valence-electron chi connectivity index (χ1n) is 4.38. The largest absolute Gasteiger partial charge is 0.243 e. The van der Waals surface area contributed by atoms with E-state index in [1.54, 1.807) is 6.92 Å². The molecule has 0 radical (unpaired) electrons. The number of rotatable bonds is 0. The fraction of sp³-hybridized carbons (Fsp3) is 0.600. The van der Waals surface area contributed by atoms with Gasteiger partial charge in [-0.25, -0.2) is 8.78 Å². The summed E-state index contributed by atoms with van der Waals surface area (Å²) in [6, 6.07) is 0. The predicted molar refractivity (Wildman–Crippen MR) is 48.4 cm³/mol. The summed E-state index contributed by atoms with van der Waals surface area (Å²) >= 11 is 0. The summed E-state index contributed by atoms with van der Waals surface area (Å²) in [6.07, 6.45) is 2.71. The highest BCUT2D eigenvalue weighted by Crippen LogP contribution is 2.20. The van der Waals surface area contributed by atoms with Gasteiger partial charge in [-0.1, -0.05) is 13.8 Å². The second-order valence-electron chi connectivity index (χ2n) is 2.50. The zero-order valence-electron chi connectivity index (χ0n) is 7.90. The molecule has 0 amide bonds. The molecule has 0 heterocycles. The maximum Gasteiger partial charge on any atom is 0.121 e. The fourth-order valence-corrected chi connectivity index (χ4v) is 0.964. The molecule has 70 valence electrons. The van der Waals surface area contributed by atoms with Gasteiger partial charge in [0.15, 0.2) is 0 Å². The molecular formula is C10H16F2. The molecule has 12 heavy (non-hydrogen) atoms. The molecule has 0 aromatic heterocycles. The van der Waals surface area contributed by atoms with Crippen LogP contribution >= 0.6 is 0 Å². The smallest absolute Gasteiger partial charge is 0.121 e. The second-order valence-corrected chi connectivity index (χ2v) is 2.50. The van der Waals surface area contributed by atoms with Crippen LogP contribution in [0.5, 0.6) is 0 Å². The number of allylic oxidation sites excluding steroid dienone is 4. The van der Waals surface area contributed by atoms with E-state index in [1.807, 2.05) is 13.8 Å². The molecule has 0 saturated carbocycles. The van der Waals surface area contributed by atoms with Crippen LogP contribution in [-0.2, 0) is 0 Å². The van der Waals surface area contributed by atoms with Crippen molar-refractivity contribution in [2.24, 2.45) is 0 Å². The van der Waals surface area contributed by atoms with Crippen molar-refractivity contribution >= 4 is 0 Å². The molecule has 0 aliphatic heterocycles. The molecule has 0 saturated heterocycles. The highest BCUT2D eigenvalue weighted by atomic mass is 19.1. The van der Waals surface area contributed by atoms with Crippen LogP contribution in [0, 0.1) is 0 Å². The lowest BCUT2D eigenvalue weighted by Crippen LogP contribution is -1.92. The summed E-state index contributed by atoms with van der Waals surface area (Å²) in [5.74, 6) is -0.278. The van der Waals surface area contributed by atoms with Crippen LogP contribution in [0.15, 0.2) is 23.6 Å². The van der Waals surface area contributed by atoms with Crippen LogP contribution < -0.4 is 0 Å². The van der Waals surface area contributed by atoms with Crippen molar-refractivity contribution in [1.29, 1.82) is 0 Å². The number of alkyl halides is 1. The van der Waals surface area contributed by atoms with Crippen molar-refractivity contribution in [2.45, 2.75) is 39.8 Å². The van der Waals surface area contributed by atoms with Gasteiger partial charge >= 0.3 is 0 Å². The molecule has 0 nitrogen and oxygen atoms in total. The summed E-state index contributed by atoms with van der Waals surface area (Å²) < 4.78 is 25.2. The minimum Gasteiger partial charge on any atom is -0.243 e. The van der Waals surface area contributed by atoms with Crippen LogP contribution in [0.1, 0.15) is 33.6 Å². The Labute approximate surface area is 73.0 Å². The standard InChI is InChI=1S/C8H10F2.C2H6/c1-6-5-7(9)3-2-4-8(6)10;1-2/h4-5,7H,2-3H2,1H3;1-2H3. The third-order valence-corrected chi connectivity index (χ3v) is 1.57. The predicted octanol–water partition coefficient (Wildman–Crippen LogP) is 3.94. The average molecular weight is 174 g/mol. The lowest BCUT2D eigenvalue weighted by molar-refractivity contribution is 0.381. The van der Waals surface area contributed by atoms with E-state index in [0.29, 0.717) is 18.4 Å². The van der Waals surface area contributed by atoms with Gasteiger partial charge in [-0.15, -0.1) is 0 Å². The number of hydrogen-bond acceptors (Lipinski definition) is 0. The Morgan fingerprint density at radius 1 is 1.42 bits per heavy atom. The van der Waals surface area contributed by atoms with E-state index in [-0.39, 0.29) is 5.83 Å². The third kappa shape index (κ3) is 3.65. The highest BCUT2D eigenvalue weighted by Gasteiger charge is 2.08. The van der Waals surface area contributed by atoms with E-state index < -0.39 is 6.17 Å². The Hall–Kier alpha value is -0.660. The Balaban J connectivity index is 0.000000561. The van der Waals surface area contributed by atoms with E-state index in [0.717, 1.165) is 0 Å². The molecule has 1 atom stereocenters. The van der Waals surface area contributed by atoms with Crippen LogP contribution in [0.4, 0.5) is 8.78 Å². The first kappa shape index (κ1) is 11.3. The molecule has 1 rings (SSSR count). The number of halogens is 2. The van der Waals surface area contributed by atoms with E-state index in [9.17, 15) is 8.78 Å². The molecule has 0 bridgehead atoms. The minimum absolute atomic E-state index is 0.278. The quantitative estimate of drug-likeness (QED) is 0.521. The summed E-state index contributed by atoms with van der Waals surface area (Å²) in [4.78, 5) is 0. The molecule has 0 fully saturated rings. The molecule has 1 aliphatic rings. The molecule has 0 aromatic carbocycles. The summed E-state index contributed by atoms with van der Waals surface area (Å²) in [5, 5.41) is 0. The van der Waals surface area contributed by atoms with Gasteiger partial charge in [0.2, 0.25) is 0 Å². The summed E-state index contributed by atoms with van der Waals surface area (Å²) in [5.41, 5.74) is 0.421. The molecule has 0 spiro atoms. The lowest BCUT2D eigenvalue weighted by Gasteiger charge is -1.96. The molecule has 0 aromatic rings. The zero-order chi connectivity index (χ0) is 9.56. The van der Waals surface area contributed by atoms with Gasteiger partial charge in [0, 0.05) is 0 Å². The normalized spacial score (nSPS) is 22.9. The van der Waals surface area contributed by atoms with Gasteiger partial charge in [0.25, 0.3) is 0 Å². The molecule has 0 N–H and O–H groups in total. The Kier molecular flexibility index (Phi) is 5.60. The van der Waals surface area contributed by atoms with Gasteiger partial charge in [-0.05, 0) is 37.5 Å². The van der Waals surface area contributed by atoms with Gasteiger partial charge in [0.1, 0.15) is 12.0 Å². The van der Waals surface area contributed by atoms with Crippen molar-refractivity contribution < 1.29 is 8.78 Å². The van der Waals surface area contributed by atoms with E-state index >= 15 is 0 Å². The van der Waals surface area contributed by atoms with Gasteiger partial charge in [-0.2, -0.15) is 0 Å². The maximum absolute atomic E-state index is 12.6. The molecular weight excluding hydrogens is 158 g/mol. The van der Waals surface area contributed by atoms with Gasteiger partial charge in [-0.3, -0.25) is 0 Å². The zero-order valence-corrected chi connectivity index (χ0v) is 7.90. The van der Waals surface area contributed by atoms with Crippen LogP contribution in [0.3, 0.4) is 0 Å². The lowest BCUT2D eigenvalue weighted by atomic mass is 10.2. The maximum atomic E-state index is 12.6. The van der Waals surface area contributed by atoms with E-state index in [1.165, 1.54) is 12.2 Å². The first-order valence-corrected chi connectivity index (χ1v) is 4.38. The van der Waals surface area contributed by atoms with Crippen LogP contribution in [0.2, 0.25) is 0 Å². The van der Waals surface area contributed by atoms with Gasteiger partial charge < -0.3 is 0 Å². The first-order chi connectivity index (χ1) is 5.70. The van der Waals surface area contributed by atoms with Crippen molar-refractivity contribution in [2.75, 3.05) is 0 Å². The van der Waals surface area contributed by atoms with Crippen LogP contribution in [-0.4, -0.2) is 6.17 Å². The average Bonchev–Trinajstić information content (AvgIpc) is 2.19. The number of hydrogen-bond donors (Lipinski definition) is 0. The highest BCUT2D eigenvalue weighted by molar-refractivity contribution is 5.25. The molecule has 1 aliphatic carbocycles. The Morgan fingerprint density at radius 2 is 2.00 bits per heavy atom. The van der Waals surface area contributed by atoms with Crippen molar-refractivity contribution in [3.8, 4) is 0 Å². The van der Waals surface area contributed by atoms with E-state index in [4.69, 9.17) is 0 Å². The monoisotopic (exact) mass is 174 g/mol. The summed E-state index contributed by atoms with van der Waals surface area (Å²) in [6.45, 7) is 5.59. The second kappa shape index (κ2) is 5.92. The molecule has 1 unspecified atom stereocenters. The topological polar surface area (TPSA) is 0 Å². The van der Waals surface area contributed by atoms with E-state index in [2.05, 4.69) is 0 Å². The van der Waals surface area contributed by atoms with Crippen molar-refractivity contribution in [3.05, 3.63) is 23.6 Å².